The van der Waals surface area contributed by atoms with E-state index in [1.807, 2.05) is 0 Å². The summed E-state index contributed by atoms with van der Waals surface area (Å²) in [6.07, 6.45) is 1.28. The number of methoxy groups -OCH3 is 2. The normalized spacial score (nSPS) is 13.9. The van der Waals surface area contributed by atoms with E-state index in [0.29, 0.717) is 35.8 Å². The van der Waals surface area contributed by atoms with Gasteiger partial charge >= 0.3 is 0 Å². The van der Waals surface area contributed by atoms with Crippen molar-refractivity contribution in [1.82, 2.24) is 4.72 Å². The summed E-state index contributed by atoms with van der Waals surface area (Å²) in [5, 5.41) is 2.62. The van der Waals surface area contributed by atoms with Crippen LogP contribution in [0.15, 0.2) is 47.4 Å². The summed E-state index contributed by atoms with van der Waals surface area (Å²) in [7, 11) is -0.882. The molecule has 2 N–H and O–H groups in total. The quantitative estimate of drug-likeness (QED) is 0.656. The number of anilines is 2. The van der Waals surface area contributed by atoms with Crippen molar-refractivity contribution in [2.24, 2.45) is 0 Å². The van der Waals surface area contributed by atoms with Crippen LogP contribution in [0.1, 0.15) is 12.8 Å². The van der Waals surface area contributed by atoms with Gasteiger partial charge in [0.25, 0.3) is 0 Å². The molecule has 1 heterocycles. The maximum atomic E-state index is 12.3. The molecule has 0 atom stereocenters. The highest BCUT2D eigenvalue weighted by atomic mass is 32.2. The summed E-state index contributed by atoms with van der Waals surface area (Å²) >= 11 is 0. The minimum absolute atomic E-state index is 0.0254. The monoisotopic (exact) mass is 433 g/mol. The molecule has 10 heteroatoms. The maximum absolute atomic E-state index is 12.3. The number of hydrogen-bond donors (Lipinski definition) is 2. The van der Waals surface area contributed by atoms with Gasteiger partial charge in [-0.25, -0.2) is 13.1 Å². The Balaban J connectivity index is 1.63. The minimum atomic E-state index is -3.84. The molecule has 0 saturated carbocycles. The van der Waals surface area contributed by atoms with Gasteiger partial charge in [-0.15, -0.1) is 0 Å². The van der Waals surface area contributed by atoms with Crippen LogP contribution in [0, 0.1) is 0 Å². The first kappa shape index (κ1) is 21.6. The smallest absolute Gasteiger partial charge is 0.241 e. The largest absolute Gasteiger partial charge is 0.497 e. The van der Waals surface area contributed by atoms with Crippen LogP contribution in [0.4, 0.5) is 11.4 Å². The number of carbonyl (C=O) groups is 2. The molecular formula is C20H23N3O6S. The SMILES string of the molecule is COc1ccc(S(=O)(=O)NCC(=O)Nc2ccc(N3CCCC3=O)c(OC)c2)cc1. The van der Waals surface area contributed by atoms with Crippen molar-refractivity contribution in [3.8, 4) is 11.5 Å². The number of benzene rings is 2. The number of rotatable bonds is 8. The Morgan fingerprint density at radius 1 is 1.10 bits per heavy atom. The Bertz CT molecular complexity index is 1040. The molecule has 0 unspecified atom stereocenters. The Labute approximate surface area is 175 Å². The van der Waals surface area contributed by atoms with Gasteiger partial charge in [0.05, 0.1) is 31.3 Å². The second-order valence-corrected chi connectivity index (χ2v) is 8.35. The molecule has 0 aromatic heterocycles. The number of hydrogen-bond acceptors (Lipinski definition) is 6. The standard InChI is InChI=1S/C20H23N3O6S/c1-28-15-6-8-16(9-7-15)30(26,27)21-13-19(24)22-14-5-10-17(18(12-14)29-2)23-11-3-4-20(23)25/h5-10,12,21H,3-4,11,13H2,1-2H3,(H,22,24). The number of ether oxygens (including phenoxy) is 2. The fourth-order valence-corrected chi connectivity index (χ4v) is 4.07. The van der Waals surface area contributed by atoms with Gasteiger partial charge in [0.1, 0.15) is 11.5 Å². The molecule has 0 bridgehead atoms. The number of carbonyl (C=O) groups excluding carboxylic acids is 2. The van der Waals surface area contributed by atoms with E-state index in [2.05, 4.69) is 10.0 Å². The molecular weight excluding hydrogens is 410 g/mol. The lowest BCUT2D eigenvalue weighted by Crippen LogP contribution is -2.33. The predicted octanol–water partition coefficient (Wildman–Crippen LogP) is 1.75. The van der Waals surface area contributed by atoms with Crippen LogP contribution in [-0.4, -0.2) is 47.5 Å². The van der Waals surface area contributed by atoms with Crippen molar-refractivity contribution in [2.45, 2.75) is 17.7 Å². The van der Waals surface area contributed by atoms with Crippen LogP contribution in [0.3, 0.4) is 0 Å². The zero-order valence-electron chi connectivity index (χ0n) is 16.7. The van der Waals surface area contributed by atoms with E-state index in [1.54, 1.807) is 23.1 Å². The zero-order valence-corrected chi connectivity index (χ0v) is 17.5. The fourth-order valence-electron chi connectivity index (χ4n) is 3.09. The molecule has 1 aliphatic heterocycles. The number of nitrogens with zero attached hydrogens (tertiary/aromatic N) is 1. The van der Waals surface area contributed by atoms with Gasteiger partial charge in [-0.2, -0.15) is 0 Å². The van der Waals surface area contributed by atoms with Crippen molar-refractivity contribution in [2.75, 3.05) is 37.5 Å². The maximum Gasteiger partial charge on any atom is 0.241 e. The molecule has 2 amide bonds. The average Bonchev–Trinajstić information content (AvgIpc) is 3.18. The topological polar surface area (TPSA) is 114 Å². The molecule has 160 valence electrons. The van der Waals surface area contributed by atoms with Gasteiger partial charge in [0, 0.05) is 24.7 Å². The third-order valence-corrected chi connectivity index (χ3v) is 6.04. The minimum Gasteiger partial charge on any atom is -0.497 e. The molecule has 1 aliphatic rings. The second kappa shape index (κ2) is 9.14. The second-order valence-electron chi connectivity index (χ2n) is 6.58. The van der Waals surface area contributed by atoms with Crippen molar-refractivity contribution >= 4 is 33.2 Å². The predicted molar refractivity (Wildman–Crippen MR) is 111 cm³/mol. The van der Waals surface area contributed by atoms with Crippen molar-refractivity contribution < 1.29 is 27.5 Å². The molecule has 3 rings (SSSR count). The third kappa shape index (κ3) is 4.89. The van der Waals surface area contributed by atoms with Gasteiger partial charge in [-0.05, 0) is 42.8 Å². The first-order chi connectivity index (χ1) is 14.3. The van der Waals surface area contributed by atoms with Crippen LogP contribution < -0.4 is 24.4 Å². The molecule has 0 spiro atoms. The average molecular weight is 433 g/mol. The van der Waals surface area contributed by atoms with Crippen LogP contribution in [0.5, 0.6) is 11.5 Å². The number of sulfonamides is 1. The van der Waals surface area contributed by atoms with Gasteiger partial charge in [-0.3, -0.25) is 9.59 Å². The highest BCUT2D eigenvalue weighted by Gasteiger charge is 2.24. The lowest BCUT2D eigenvalue weighted by molar-refractivity contribution is -0.117. The summed E-state index contributed by atoms with van der Waals surface area (Å²) in [6.45, 7) is 0.178. The molecule has 2 aromatic rings. The lowest BCUT2D eigenvalue weighted by atomic mass is 10.2. The van der Waals surface area contributed by atoms with Crippen molar-refractivity contribution in [3.05, 3.63) is 42.5 Å². The van der Waals surface area contributed by atoms with Gasteiger partial charge in [0.2, 0.25) is 21.8 Å². The van der Waals surface area contributed by atoms with E-state index < -0.39 is 22.5 Å². The van der Waals surface area contributed by atoms with Crippen LogP contribution in [-0.2, 0) is 19.6 Å². The zero-order chi connectivity index (χ0) is 21.7. The Hall–Kier alpha value is -3.11. The molecule has 1 saturated heterocycles. The Kier molecular flexibility index (Phi) is 6.58. The summed E-state index contributed by atoms with van der Waals surface area (Å²) in [5.41, 5.74) is 1.06. The summed E-state index contributed by atoms with van der Waals surface area (Å²) in [4.78, 5) is 25.9. The van der Waals surface area contributed by atoms with Crippen LogP contribution in [0.25, 0.3) is 0 Å². The van der Waals surface area contributed by atoms with E-state index in [4.69, 9.17) is 9.47 Å². The van der Waals surface area contributed by atoms with Gasteiger partial charge in [0.15, 0.2) is 0 Å². The highest BCUT2D eigenvalue weighted by molar-refractivity contribution is 7.89. The van der Waals surface area contributed by atoms with Crippen LogP contribution >= 0.6 is 0 Å². The number of nitrogens with one attached hydrogen (secondary N) is 2. The summed E-state index contributed by atoms with van der Waals surface area (Å²) < 4.78 is 37.3. The molecule has 0 radical (unpaired) electrons. The highest BCUT2D eigenvalue weighted by Crippen LogP contribution is 2.33. The summed E-state index contributed by atoms with van der Waals surface area (Å²) in [5.74, 6) is 0.457. The van der Waals surface area contributed by atoms with E-state index in [1.165, 1.54) is 38.5 Å². The summed E-state index contributed by atoms with van der Waals surface area (Å²) in [6, 6.07) is 10.8. The fraction of sp³-hybridized carbons (Fsp3) is 0.300. The third-order valence-electron chi connectivity index (χ3n) is 4.62. The molecule has 30 heavy (non-hydrogen) atoms. The Morgan fingerprint density at radius 3 is 2.43 bits per heavy atom. The van der Waals surface area contributed by atoms with Crippen molar-refractivity contribution in [1.29, 1.82) is 0 Å². The van der Waals surface area contributed by atoms with E-state index >= 15 is 0 Å². The van der Waals surface area contributed by atoms with E-state index in [9.17, 15) is 18.0 Å². The van der Waals surface area contributed by atoms with E-state index in [-0.39, 0.29) is 10.8 Å². The first-order valence-electron chi connectivity index (χ1n) is 9.26. The van der Waals surface area contributed by atoms with Crippen LogP contribution in [0.2, 0.25) is 0 Å². The Morgan fingerprint density at radius 2 is 1.83 bits per heavy atom. The lowest BCUT2D eigenvalue weighted by Gasteiger charge is -2.19. The van der Waals surface area contributed by atoms with Gasteiger partial charge in [-0.1, -0.05) is 0 Å². The molecule has 1 fully saturated rings. The number of amides is 2. The molecule has 9 nitrogen and oxygen atoms in total. The first-order valence-corrected chi connectivity index (χ1v) is 10.7. The van der Waals surface area contributed by atoms with Gasteiger partial charge < -0.3 is 19.7 Å². The van der Waals surface area contributed by atoms with E-state index in [0.717, 1.165) is 6.42 Å². The molecule has 0 aliphatic carbocycles. The van der Waals surface area contributed by atoms with Crippen molar-refractivity contribution in [3.63, 3.8) is 0 Å². The molecule has 2 aromatic carbocycles.